The maximum atomic E-state index is 13.3. The summed E-state index contributed by atoms with van der Waals surface area (Å²) >= 11 is -2.95. The third-order valence-electron chi connectivity index (χ3n) is 6.49. The van der Waals surface area contributed by atoms with Gasteiger partial charge >= 0.3 is 181 Å². The van der Waals surface area contributed by atoms with Crippen LogP contribution < -0.4 is 0 Å². The first-order chi connectivity index (χ1) is 14.1. The molecule has 1 aromatic carbocycles. The fraction of sp³-hybridized carbons (Fsp3) is 0.625. The van der Waals surface area contributed by atoms with Crippen molar-refractivity contribution in [2.45, 2.75) is 89.5 Å². The van der Waals surface area contributed by atoms with E-state index in [9.17, 15) is 14.4 Å². The first-order valence-corrected chi connectivity index (χ1v) is 19.2. The number of aldehydes is 1. The summed E-state index contributed by atoms with van der Waals surface area (Å²) in [6, 6.07) is 7.20. The number of fused-ring (bicyclic) bond motifs is 1. The summed E-state index contributed by atoms with van der Waals surface area (Å²) in [6.07, 6.45) is 8.97. The van der Waals surface area contributed by atoms with Gasteiger partial charge < -0.3 is 0 Å². The Morgan fingerprint density at radius 2 is 1.31 bits per heavy atom. The van der Waals surface area contributed by atoms with Gasteiger partial charge in [0.2, 0.25) is 0 Å². The molecule has 0 saturated carbocycles. The first kappa shape index (κ1) is 24.1. The normalized spacial score (nSPS) is 14.9. The Morgan fingerprint density at radius 3 is 1.69 bits per heavy atom. The van der Waals surface area contributed by atoms with Crippen LogP contribution in [-0.4, -0.2) is 45.4 Å². The summed E-state index contributed by atoms with van der Waals surface area (Å²) in [5, 5.41) is 0. The average molecular weight is 506 g/mol. The van der Waals surface area contributed by atoms with Crippen LogP contribution in [0.25, 0.3) is 0 Å². The summed E-state index contributed by atoms with van der Waals surface area (Å²) in [7, 11) is 0. The molecule has 2 amide bonds. The minimum absolute atomic E-state index is 0.00782. The van der Waals surface area contributed by atoms with E-state index in [1.165, 1.54) is 32.6 Å². The maximum absolute atomic E-state index is 13.3. The topological polar surface area (TPSA) is 54.5 Å². The van der Waals surface area contributed by atoms with Gasteiger partial charge in [0, 0.05) is 0 Å². The van der Waals surface area contributed by atoms with Crippen LogP contribution in [0.2, 0.25) is 13.3 Å². The van der Waals surface area contributed by atoms with Gasteiger partial charge in [0.05, 0.1) is 0 Å². The molecule has 0 radical (unpaired) electrons. The Bertz CT molecular complexity index is 646. The molecule has 0 aliphatic carbocycles. The molecule has 1 heterocycles. The van der Waals surface area contributed by atoms with Crippen LogP contribution in [0.4, 0.5) is 0 Å². The van der Waals surface area contributed by atoms with Crippen molar-refractivity contribution in [3.8, 4) is 0 Å². The number of hydrogen-bond acceptors (Lipinski definition) is 3. The molecule has 0 spiro atoms. The molecular weight excluding hydrogens is 469 g/mol. The van der Waals surface area contributed by atoms with Crippen LogP contribution in [0, 0.1) is 0 Å². The van der Waals surface area contributed by atoms with Crippen LogP contribution in [0.1, 0.15) is 92.9 Å². The molecule has 1 atom stereocenters. The number of carbonyl (C=O) groups is 3. The SMILES string of the molecule is CCC[CH2][Sn]([CH2]CCC)([CH2]CCC)[CH](CCC=O)N1C(=O)c2ccccc2C1=O. The van der Waals surface area contributed by atoms with E-state index in [0.717, 1.165) is 25.5 Å². The van der Waals surface area contributed by atoms with Gasteiger partial charge in [-0.3, -0.25) is 0 Å². The molecule has 0 aromatic heterocycles. The van der Waals surface area contributed by atoms with Crippen molar-refractivity contribution in [1.29, 1.82) is 0 Å². The Morgan fingerprint density at radius 1 is 0.862 bits per heavy atom. The number of imide groups is 1. The molecular formula is C24H37NO3Sn. The standard InChI is InChI=1S/C12H10NO3.3C4H9.Sn/c14-8-4-3-7-13-11(15)9-5-1-2-6-10(9)12(13)16;3*1-3-4-2;/h1-2,5-8H,3-4H2;3*1,3-4H2,2H3;. The van der Waals surface area contributed by atoms with Crippen LogP contribution >= 0.6 is 0 Å². The molecule has 1 aromatic rings. The third-order valence-corrected chi connectivity index (χ3v) is 23.6. The molecule has 5 heteroatoms. The second kappa shape index (κ2) is 11.9. The fourth-order valence-corrected chi connectivity index (χ4v) is 23.4. The molecule has 1 unspecified atom stereocenters. The number of rotatable bonds is 14. The van der Waals surface area contributed by atoms with Crippen LogP contribution in [0.3, 0.4) is 0 Å². The second-order valence-electron chi connectivity index (χ2n) is 8.46. The Labute approximate surface area is 180 Å². The molecule has 29 heavy (non-hydrogen) atoms. The van der Waals surface area contributed by atoms with Crippen LogP contribution in [0.15, 0.2) is 24.3 Å². The predicted octanol–water partition coefficient (Wildman–Crippen LogP) is 6.02. The van der Waals surface area contributed by atoms with E-state index in [1.807, 2.05) is 12.1 Å². The number of amides is 2. The van der Waals surface area contributed by atoms with Gasteiger partial charge in [0.1, 0.15) is 0 Å². The van der Waals surface area contributed by atoms with Crippen molar-refractivity contribution in [3.05, 3.63) is 35.4 Å². The molecule has 4 nitrogen and oxygen atoms in total. The Balaban J connectivity index is 2.50. The summed E-state index contributed by atoms with van der Waals surface area (Å²) in [5.41, 5.74) is 1.07. The zero-order valence-electron chi connectivity index (χ0n) is 18.4. The predicted molar refractivity (Wildman–Crippen MR) is 121 cm³/mol. The zero-order valence-corrected chi connectivity index (χ0v) is 21.3. The Kier molecular flexibility index (Phi) is 9.87. The van der Waals surface area contributed by atoms with E-state index in [0.29, 0.717) is 24.0 Å². The Hall–Kier alpha value is -1.17. The molecule has 2 rings (SSSR count). The molecule has 0 saturated heterocycles. The van der Waals surface area contributed by atoms with Gasteiger partial charge in [0.25, 0.3) is 0 Å². The van der Waals surface area contributed by atoms with E-state index in [-0.39, 0.29) is 15.9 Å². The monoisotopic (exact) mass is 507 g/mol. The third kappa shape index (κ3) is 5.50. The molecule has 1 aliphatic heterocycles. The number of hydrogen-bond donors (Lipinski definition) is 0. The molecule has 1 aliphatic rings. The fourth-order valence-electron chi connectivity index (χ4n) is 4.89. The average Bonchev–Trinajstić information content (AvgIpc) is 2.99. The van der Waals surface area contributed by atoms with Crippen molar-refractivity contribution in [2.24, 2.45) is 0 Å². The van der Waals surface area contributed by atoms with Crippen molar-refractivity contribution < 1.29 is 14.4 Å². The molecule has 0 N–H and O–H groups in total. The minimum atomic E-state index is -2.95. The number of unbranched alkanes of at least 4 members (excludes halogenated alkanes) is 3. The van der Waals surface area contributed by atoms with Crippen molar-refractivity contribution in [2.75, 3.05) is 0 Å². The van der Waals surface area contributed by atoms with Gasteiger partial charge in [-0.15, -0.1) is 0 Å². The quantitative estimate of drug-likeness (QED) is 0.176. The second-order valence-corrected chi connectivity index (χ2v) is 22.4. The molecule has 0 fully saturated rings. The van der Waals surface area contributed by atoms with Crippen molar-refractivity contribution >= 4 is 36.5 Å². The van der Waals surface area contributed by atoms with Gasteiger partial charge in [-0.2, -0.15) is 0 Å². The van der Waals surface area contributed by atoms with E-state index in [1.54, 1.807) is 17.0 Å². The molecule has 0 bridgehead atoms. The van der Waals surface area contributed by atoms with Gasteiger partial charge in [-0.25, -0.2) is 0 Å². The van der Waals surface area contributed by atoms with E-state index < -0.39 is 18.4 Å². The van der Waals surface area contributed by atoms with Crippen molar-refractivity contribution in [3.63, 3.8) is 0 Å². The van der Waals surface area contributed by atoms with E-state index >= 15 is 0 Å². The van der Waals surface area contributed by atoms with Gasteiger partial charge in [-0.05, 0) is 0 Å². The summed E-state index contributed by atoms with van der Waals surface area (Å²) < 4.78 is 3.62. The van der Waals surface area contributed by atoms with Gasteiger partial charge in [-0.1, -0.05) is 0 Å². The van der Waals surface area contributed by atoms with Crippen molar-refractivity contribution in [1.82, 2.24) is 4.90 Å². The summed E-state index contributed by atoms with van der Waals surface area (Å²) in [4.78, 5) is 39.6. The number of carbonyl (C=O) groups excluding carboxylic acids is 3. The summed E-state index contributed by atoms with van der Waals surface area (Å²) in [5.74, 6) is -0.265. The van der Waals surface area contributed by atoms with Crippen LogP contribution in [0.5, 0.6) is 0 Å². The molecule has 160 valence electrons. The van der Waals surface area contributed by atoms with Gasteiger partial charge in [0.15, 0.2) is 0 Å². The first-order valence-electron chi connectivity index (χ1n) is 11.5. The van der Waals surface area contributed by atoms with Crippen LogP contribution in [-0.2, 0) is 4.79 Å². The van der Waals surface area contributed by atoms with E-state index in [2.05, 4.69) is 20.8 Å². The van der Waals surface area contributed by atoms with E-state index in [4.69, 9.17) is 0 Å². The number of benzene rings is 1. The number of nitrogens with zero attached hydrogens (tertiary/aromatic N) is 1. The zero-order chi connectivity index (χ0) is 21.3. The summed E-state index contributed by atoms with van der Waals surface area (Å²) in [6.45, 7) is 6.66.